The first-order valence-corrected chi connectivity index (χ1v) is 6.74. The van der Waals surface area contributed by atoms with Gasteiger partial charge in [-0.3, -0.25) is 0 Å². The van der Waals surface area contributed by atoms with Crippen LogP contribution < -0.4 is 5.73 Å². The van der Waals surface area contributed by atoms with E-state index < -0.39 is 11.7 Å². The molecular weight excluding hydrogens is 284 g/mol. The number of carbonyl (C=O) groups excluding carboxylic acids is 1. The number of carbonyl (C=O) groups is 1. The van der Waals surface area contributed by atoms with Crippen molar-refractivity contribution in [3.05, 3.63) is 30.9 Å². The number of oxazole rings is 1. The van der Waals surface area contributed by atoms with Crippen molar-refractivity contribution >= 4 is 22.8 Å². The average molecular weight is 300 g/mol. The molecule has 0 fully saturated rings. The van der Waals surface area contributed by atoms with Gasteiger partial charge in [0.15, 0.2) is 12.2 Å². The maximum atomic E-state index is 12.6. The van der Waals surface area contributed by atoms with Gasteiger partial charge in [0.25, 0.3) is 0 Å². The molecule has 3 heterocycles. The van der Waals surface area contributed by atoms with E-state index in [0.717, 1.165) is 5.39 Å². The molecule has 0 unspecified atom stereocenters. The standard InChI is InChI=1S/C15H16N4O3/c1-15(2,3)22-14(20)19-10-5-13(16)18-6-9(10)4-11(19)12-7-17-8-21-12/h4-8H,1-3H3,(H2,16,18). The maximum Gasteiger partial charge on any atom is 0.419 e. The molecule has 0 saturated carbocycles. The van der Waals surface area contributed by atoms with Crippen LogP contribution in [0.3, 0.4) is 0 Å². The number of hydrogen-bond donors (Lipinski definition) is 1. The van der Waals surface area contributed by atoms with Gasteiger partial charge >= 0.3 is 6.09 Å². The summed E-state index contributed by atoms with van der Waals surface area (Å²) in [7, 11) is 0. The minimum absolute atomic E-state index is 0.319. The topological polar surface area (TPSA) is 96.2 Å². The van der Waals surface area contributed by atoms with Crippen LogP contribution in [-0.4, -0.2) is 26.2 Å². The van der Waals surface area contributed by atoms with Gasteiger partial charge in [0.1, 0.15) is 11.4 Å². The Kier molecular flexibility index (Phi) is 3.13. The third kappa shape index (κ3) is 2.52. The minimum Gasteiger partial charge on any atom is -0.443 e. The van der Waals surface area contributed by atoms with E-state index in [4.69, 9.17) is 14.9 Å². The van der Waals surface area contributed by atoms with Gasteiger partial charge in [0, 0.05) is 17.6 Å². The van der Waals surface area contributed by atoms with Gasteiger partial charge in [0.2, 0.25) is 0 Å². The number of anilines is 1. The minimum atomic E-state index is -0.620. The van der Waals surface area contributed by atoms with Crippen molar-refractivity contribution in [3.8, 4) is 11.5 Å². The molecule has 2 N–H and O–H groups in total. The number of fused-ring (bicyclic) bond motifs is 1. The number of nitrogens with two attached hydrogens (primary N) is 1. The molecule has 0 atom stereocenters. The summed E-state index contributed by atoms with van der Waals surface area (Å²) in [4.78, 5) is 20.5. The first kappa shape index (κ1) is 14.1. The zero-order chi connectivity index (χ0) is 15.9. The van der Waals surface area contributed by atoms with Crippen LogP contribution in [0.25, 0.3) is 22.4 Å². The Morgan fingerprint density at radius 2 is 2.09 bits per heavy atom. The molecule has 0 bridgehead atoms. The lowest BCUT2D eigenvalue weighted by Crippen LogP contribution is -2.27. The molecule has 0 aliphatic rings. The van der Waals surface area contributed by atoms with Crippen LogP contribution in [0.2, 0.25) is 0 Å². The highest BCUT2D eigenvalue weighted by Gasteiger charge is 2.24. The van der Waals surface area contributed by atoms with Gasteiger partial charge in [-0.25, -0.2) is 19.3 Å². The van der Waals surface area contributed by atoms with Crippen LogP contribution in [0.4, 0.5) is 10.6 Å². The molecule has 0 amide bonds. The average Bonchev–Trinajstić information content (AvgIpc) is 3.02. The molecule has 22 heavy (non-hydrogen) atoms. The number of aromatic nitrogens is 3. The Labute approximate surface area is 126 Å². The molecular formula is C15H16N4O3. The predicted octanol–water partition coefficient (Wildman–Crippen LogP) is 3.06. The summed E-state index contributed by atoms with van der Waals surface area (Å²) in [5, 5.41) is 0.756. The molecule has 0 aliphatic heterocycles. The predicted molar refractivity (Wildman–Crippen MR) is 81.3 cm³/mol. The highest BCUT2D eigenvalue weighted by atomic mass is 16.6. The smallest absolute Gasteiger partial charge is 0.419 e. The molecule has 7 heteroatoms. The van der Waals surface area contributed by atoms with E-state index in [9.17, 15) is 4.79 Å². The van der Waals surface area contributed by atoms with Crippen molar-refractivity contribution in [3.63, 3.8) is 0 Å². The number of nitrogen functional groups attached to an aromatic ring is 1. The van der Waals surface area contributed by atoms with E-state index in [2.05, 4.69) is 9.97 Å². The molecule has 7 nitrogen and oxygen atoms in total. The lowest BCUT2D eigenvalue weighted by atomic mass is 10.2. The molecule has 3 aromatic rings. The number of rotatable bonds is 1. The number of nitrogens with zero attached hydrogens (tertiary/aromatic N) is 3. The Morgan fingerprint density at radius 1 is 1.32 bits per heavy atom. The zero-order valence-corrected chi connectivity index (χ0v) is 12.5. The fraction of sp³-hybridized carbons (Fsp3) is 0.267. The Morgan fingerprint density at radius 3 is 2.73 bits per heavy atom. The highest BCUT2D eigenvalue weighted by molar-refractivity contribution is 5.96. The summed E-state index contributed by atoms with van der Waals surface area (Å²) in [5.74, 6) is 0.778. The largest absolute Gasteiger partial charge is 0.443 e. The third-order valence-electron chi connectivity index (χ3n) is 2.97. The lowest BCUT2D eigenvalue weighted by Gasteiger charge is -2.20. The van der Waals surface area contributed by atoms with E-state index in [1.165, 1.54) is 17.2 Å². The Hall–Kier alpha value is -2.83. The Balaban J connectivity index is 2.22. The molecule has 3 aromatic heterocycles. The summed E-state index contributed by atoms with van der Waals surface area (Å²) >= 11 is 0. The van der Waals surface area contributed by atoms with Crippen molar-refractivity contribution in [2.75, 3.05) is 5.73 Å². The normalized spacial score (nSPS) is 11.8. The van der Waals surface area contributed by atoms with E-state index in [1.807, 2.05) is 0 Å². The second-order valence-corrected chi connectivity index (χ2v) is 5.88. The SMILES string of the molecule is CC(C)(C)OC(=O)n1c(-c2cnco2)cc2cnc(N)cc21. The van der Waals surface area contributed by atoms with Crippen LogP contribution in [0.15, 0.2) is 35.3 Å². The summed E-state index contributed by atoms with van der Waals surface area (Å²) < 4.78 is 12.2. The van der Waals surface area contributed by atoms with Gasteiger partial charge in [-0.05, 0) is 26.8 Å². The van der Waals surface area contributed by atoms with Crippen LogP contribution >= 0.6 is 0 Å². The van der Waals surface area contributed by atoms with E-state index >= 15 is 0 Å². The zero-order valence-electron chi connectivity index (χ0n) is 12.5. The molecule has 0 spiro atoms. The third-order valence-corrected chi connectivity index (χ3v) is 2.97. The molecule has 3 rings (SSSR count). The quantitative estimate of drug-likeness (QED) is 0.742. The van der Waals surface area contributed by atoms with Crippen LogP contribution in [0, 0.1) is 0 Å². The van der Waals surface area contributed by atoms with Gasteiger partial charge < -0.3 is 14.9 Å². The maximum absolute atomic E-state index is 12.6. The number of pyridine rings is 1. The Bertz CT molecular complexity index is 828. The van der Waals surface area contributed by atoms with E-state index in [0.29, 0.717) is 22.8 Å². The molecule has 114 valence electrons. The number of hydrogen-bond acceptors (Lipinski definition) is 6. The first-order valence-electron chi connectivity index (χ1n) is 6.74. The summed E-state index contributed by atoms with van der Waals surface area (Å²) in [6.45, 7) is 5.42. The molecule has 0 aromatic carbocycles. The molecule has 0 radical (unpaired) electrons. The van der Waals surface area contributed by atoms with E-state index in [-0.39, 0.29) is 0 Å². The fourth-order valence-electron chi connectivity index (χ4n) is 2.15. The monoisotopic (exact) mass is 300 g/mol. The highest BCUT2D eigenvalue weighted by Crippen LogP contribution is 2.29. The van der Waals surface area contributed by atoms with Crippen LogP contribution in [0.5, 0.6) is 0 Å². The van der Waals surface area contributed by atoms with Crippen molar-refractivity contribution in [2.24, 2.45) is 0 Å². The van der Waals surface area contributed by atoms with Crippen LogP contribution in [0.1, 0.15) is 20.8 Å². The van der Waals surface area contributed by atoms with Crippen LogP contribution in [-0.2, 0) is 4.74 Å². The second kappa shape index (κ2) is 4.87. The summed E-state index contributed by atoms with van der Waals surface area (Å²) in [6, 6.07) is 3.41. The summed E-state index contributed by atoms with van der Waals surface area (Å²) in [5.41, 5.74) is 6.26. The number of ether oxygens (including phenoxy) is 1. The van der Waals surface area contributed by atoms with Crippen molar-refractivity contribution in [1.29, 1.82) is 0 Å². The fourth-order valence-corrected chi connectivity index (χ4v) is 2.15. The van der Waals surface area contributed by atoms with Gasteiger partial charge in [-0.1, -0.05) is 0 Å². The van der Waals surface area contributed by atoms with Gasteiger partial charge in [-0.2, -0.15) is 0 Å². The lowest BCUT2D eigenvalue weighted by molar-refractivity contribution is 0.0546. The van der Waals surface area contributed by atoms with Crippen molar-refractivity contribution in [1.82, 2.24) is 14.5 Å². The van der Waals surface area contributed by atoms with E-state index in [1.54, 1.807) is 39.1 Å². The second-order valence-electron chi connectivity index (χ2n) is 5.88. The van der Waals surface area contributed by atoms with Gasteiger partial charge in [0.05, 0.1) is 17.4 Å². The first-order chi connectivity index (χ1) is 10.3. The molecule has 0 saturated heterocycles. The van der Waals surface area contributed by atoms with Crippen molar-refractivity contribution < 1.29 is 13.9 Å². The van der Waals surface area contributed by atoms with Crippen molar-refractivity contribution in [2.45, 2.75) is 26.4 Å². The van der Waals surface area contributed by atoms with Gasteiger partial charge in [-0.15, -0.1) is 0 Å². The summed E-state index contributed by atoms with van der Waals surface area (Å²) in [6.07, 6.45) is 3.93. The molecule has 0 aliphatic carbocycles.